The summed E-state index contributed by atoms with van der Waals surface area (Å²) in [6.07, 6.45) is 0. The molecule has 0 saturated heterocycles. The summed E-state index contributed by atoms with van der Waals surface area (Å²) in [5.41, 5.74) is 1.12. The fraction of sp³-hybridized carbons (Fsp3) is 0.200. The van der Waals surface area contributed by atoms with Crippen LogP contribution in [0.1, 0.15) is 17.2 Å². The lowest BCUT2D eigenvalue weighted by Gasteiger charge is -2.16. The maximum Gasteiger partial charge on any atom is 0.273 e. The van der Waals surface area contributed by atoms with Crippen molar-refractivity contribution >= 4 is 5.69 Å². The third-order valence-electron chi connectivity index (χ3n) is 3.16. The Morgan fingerprint density at radius 2 is 2.00 bits per heavy atom. The molecule has 0 aromatic heterocycles. The highest BCUT2D eigenvalue weighted by atomic mass is 19.1. The average Bonchev–Trinajstić information content (AvgIpc) is 2.48. The first-order valence-electron chi connectivity index (χ1n) is 6.44. The van der Waals surface area contributed by atoms with Gasteiger partial charge in [-0.05, 0) is 17.7 Å². The van der Waals surface area contributed by atoms with Crippen molar-refractivity contribution in [1.29, 1.82) is 0 Å². The SMILES string of the molecule is O=[N+]([O-])c1ccccc1CN[C@@H](CO)c1cccc(F)c1. The molecule has 0 amide bonds. The third-order valence-corrected chi connectivity index (χ3v) is 3.16. The number of nitrogens with one attached hydrogen (secondary N) is 1. The number of halogens is 1. The Labute approximate surface area is 121 Å². The van der Waals surface area contributed by atoms with Crippen molar-refractivity contribution in [1.82, 2.24) is 5.32 Å². The predicted molar refractivity (Wildman–Crippen MR) is 76.2 cm³/mol. The highest BCUT2D eigenvalue weighted by molar-refractivity contribution is 5.39. The molecule has 0 aliphatic heterocycles. The number of nitro groups is 1. The molecule has 0 aliphatic rings. The van der Waals surface area contributed by atoms with Crippen molar-refractivity contribution in [3.8, 4) is 0 Å². The van der Waals surface area contributed by atoms with Gasteiger partial charge in [-0.1, -0.05) is 30.3 Å². The number of nitrogens with zero attached hydrogens (tertiary/aromatic N) is 1. The lowest BCUT2D eigenvalue weighted by molar-refractivity contribution is -0.385. The number of rotatable bonds is 6. The lowest BCUT2D eigenvalue weighted by Crippen LogP contribution is -2.24. The van der Waals surface area contributed by atoms with Crippen LogP contribution in [0.15, 0.2) is 48.5 Å². The van der Waals surface area contributed by atoms with E-state index in [2.05, 4.69) is 5.32 Å². The highest BCUT2D eigenvalue weighted by Crippen LogP contribution is 2.19. The van der Waals surface area contributed by atoms with Crippen LogP contribution in [0.25, 0.3) is 0 Å². The Morgan fingerprint density at radius 1 is 1.24 bits per heavy atom. The minimum absolute atomic E-state index is 0.0148. The van der Waals surface area contributed by atoms with Crippen molar-refractivity contribution in [2.24, 2.45) is 0 Å². The van der Waals surface area contributed by atoms with Crippen molar-refractivity contribution < 1.29 is 14.4 Å². The fourth-order valence-corrected chi connectivity index (χ4v) is 2.08. The number of para-hydroxylation sites is 1. The molecule has 0 radical (unpaired) electrons. The van der Waals surface area contributed by atoms with Crippen LogP contribution >= 0.6 is 0 Å². The smallest absolute Gasteiger partial charge is 0.273 e. The summed E-state index contributed by atoms with van der Waals surface area (Å²) in [7, 11) is 0. The largest absolute Gasteiger partial charge is 0.394 e. The Hall–Kier alpha value is -2.31. The van der Waals surface area contributed by atoms with Gasteiger partial charge in [0, 0.05) is 18.2 Å². The first-order chi connectivity index (χ1) is 10.1. The number of aliphatic hydroxyl groups excluding tert-OH is 1. The molecule has 21 heavy (non-hydrogen) atoms. The first-order valence-corrected chi connectivity index (χ1v) is 6.44. The van der Waals surface area contributed by atoms with E-state index in [0.29, 0.717) is 11.1 Å². The van der Waals surface area contributed by atoms with Crippen molar-refractivity contribution in [3.63, 3.8) is 0 Å². The molecule has 6 heteroatoms. The normalized spacial score (nSPS) is 12.1. The van der Waals surface area contributed by atoms with E-state index >= 15 is 0 Å². The van der Waals surface area contributed by atoms with Crippen LogP contribution in [0.5, 0.6) is 0 Å². The van der Waals surface area contributed by atoms with Crippen molar-refractivity contribution in [2.45, 2.75) is 12.6 Å². The molecule has 2 aromatic rings. The van der Waals surface area contributed by atoms with E-state index in [0.717, 1.165) is 0 Å². The quantitative estimate of drug-likeness (QED) is 0.633. The summed E-state index contributed by atoms with van der Waals surface area (Å²) in [5, 5.41) is 23.3. The third kappa shape index (κ3) is 3.84. The zero-order chi connectivity index (χ0) is 15.2. The second-order valence-electron chi connectivity index (χ2n) is 4.56. The molecule has 2 aromatic carbocycles. The van der Waals surface area contributed by atoms with E-state index in [9.17, 15) is 19.6 Å². The summed E-state index contributed by atoms with van der Waals surface area (Å²) in [4.78, 5) is 10.5. The number of nitro benzene ring substituents is 1. The molecule has 0 unspecified atom stereocenters. The maximum absolute atomic E-state index is 13.2. The summed E-state index contributed by atoms with van der Waals surface area (Å²) in [6.45, 7) is -0.0248. The minimum atomic E-state index is -0.486. The van der Waals surface area contributed by atoms with Gasteiger partial charge >= 0.3 is 0 Å². The van der Waals surface area contributed by atoms with Gasteiger partial charge in [0.2, 0.25) is 0 Å². The second kappa shape index (κ2) is 6.92. The predicted octanol–water partition coefficient (Wildman–Crippen LogP) is 2.56. The standard InChI is InChI=1S/C15H15FN2O3/c16-13-6-3-5-11(8-13)14(10-19)17-9-12-4-1-2-7-15(12)18(20)21/h1-8,14,17,19H,9-10H2/t14-/m0/s1. The van der Waals surface area contributed by atoms with Gasteiger partial charge in [0.15, 0.2) is 0 Å². The second-order valence-corrected chi connectivity index (χ2v) is 4.56. The van der Waals surface area contributed by atoms with Gasteiger partial charge in [0.25, 0.3) is 5.69 Å². The van der Waals surface area contributed by atoms with E-state index in [1.54, 1.807) is 30.3 Å². The van der Waals surface area contributed by atoms with E-state index in [4.69, 9.17) is 0 Å². The molecule has 2 rings (SSSR count). The van der Waals surface area contributed by atoms with Crippen molar-refractivity contribution in [2.75, 3.05) is 6.61 Å². The van der Waals surface area contributed by atoms with Crippen LogP contribution in [-0.2, 0) is 6.54 Å². The first kappa shape index (κ1) is 15.1. The van der Waals surface area contributed by atoms with Gasteiger partial charge in [-0.15, -0.1) is 0 Å². The van der Waals surface area contributed by atoms with Gasteiger partial charge in [-0.25, -0.2) is 4.39 Å². The average molecular weight is 290 g/mol. The van der Waals surface area contributed by atoms with Crippen LogP contribution in [0.3, 0.4) is 0 Å². The Balaban J connectivity index is 2.12. The fourth-order valence-electron chi connectivity index (χ4n) is 2.08. The Kier molecular flexibility index (Phi) is 4.97. The van der Waals surface area contributed by atoms with Crippen LogP contribution < -0.4 is 5.32 Å². The monoisotopic (exact) mass is 290 g/mol. The topological polar surface area (TPSA) is 75.4 Å². The molecular weight excluding hydrogens is 275 g/mol. The summed E-state index contributed by atoms with van der Waals surface area (Å²) >= 11 is 0. The molecule has 0 bridgehead atoms. The number of hydrogen-bond acceptors (Lipinski definition) is 4. The summed E-state index contributed by atoms with van der Waals surface area (Å²) in [5.74, 6) is -0.390. The van der Waals surface area contributed by atoms with Gasteiger partial charge in [0.05, 0.1) is 17.6 Å². The van der Waals surface area contributed by atoms with Gasteiger partial charge in [0.1, 0.15) is 5.82 Å². The van der Waals surface area contributed by atoms with Crippen LogP contribution in [0.2, 0.25) is 0 Å². The van der Waals surface area contributed by atoms with Gasteiger partial charge in [-0.2, -0.15) is 0 Å². The molecule has 0 aliphatic carbocycles. The number of hydrogen-bond donors (Lipinski definition) is 2. The molecule has 0 fully saturated rings. The van der Waals surface area contributed by atoms with Crippen molar-refractivity contribution in [3.05, 3.63) is 75.6 Å². The Morgan fingerprint density at radius 3 is 2.67 bits per heavy atom. The molecular formula is C15H15FN2O3. The van der Waals surface area contributed by atoms with Gasteiger partial charge in [-0.3, -0.25) is 10.1 Å². The van der Waals surface area contributed by atoms with Crippen LogP contribution in [-0.4, -0.2) is 16.6 Å². The van der Waals surface area contributed by atoms with E-state index < -0.39 is 16.8 Å². The van der Waals surface area contributed by atoms with E-state index in [1.807, 2.05) is 0 Å². The number of aliphatic hydroxyl groups is 1. The van der Waals surface area contributed by atoms with Crippen LogP contribution in [0, 0.1) is 15.9 Å². The minimum Gasteiger partial charge on any atom is -0.394 e. The maximum atomic E-state index is 13.2. The van der Waals surface area contributed by atoms with E-state index in [1.165, 1.54) is 18.2 Å². The summed E-state index contributed by atoms with van der Waals surface area (Å²) < 4.78 is 13.2. The van der Waals surface area contributed by atoms with Gasteiger partial charge < -0.3 is 10.4 Å². The molecule has 5 nitrogen and oxygen atoms in total. The molecule has 110 valence electrons. The zero-order valence-electron chi connectivity index (χ0n) is 11.2. The van der Waals surface area contributed by atoms with Crippen LogP contribution in [0.4, 0.5) is 10.1 Å². The molecule has 0 spiro atoms. The zero-order valence-corrected chi connectivity index (χ0v) is 11.2. The Bertz CT molecular complexity index is 634. The lowest BCUT2D eigenvalue weighted by atomic mass is 10.1. The molecule has 2 N–H and O–H groups in total. The van der Waals surface area contributed by atoms with E-state index in [-0.39, 0.29) is 18.8 Å². The highest BCUT2D eigenvalue weighted by Gasteiger charge is 2.15. The molecule has 0 saturated carbocycles. The summed E-state index contributed by atoms with van der Waals surface area (Å²) in [6, 6.07) is 11.8. The molecule has 1 atom stereocenters. The number of benzene rings is 2. The molecule has 0 heterocycles.